The van der Waals surface area contributed by atoms with Gasteiger partial charge in [-0.3, -0.25) is 19.3 Å². The second kappa shape index (κ2) is 9.27. The van der Waals surface area contributed by atoms with E-state index >= 15 is 0 Å². The second-order valence-electron chi connectivity index (χ2n) is 7.19. The number of nitrogens with zero attached hydrogens (tertiary/aromatic N) is 3. The molecule has 29 heavy (non-hydrogen) atoms. The highest BCUT2D eigenvalue weighted by Gasteiger charge is 2.34. The fourth-order valence-corrected chi connectivity index (χ4v) is 3.39. The van der Waals surface area contributed by atoms with Crippen molar-refractivity contribution in [3.63, 3.8) is 0 Å². The Kier molecular flexibility index (Phi) is 7.26. The van der Waals surface area contributed by atoms with Gasteiger partial charge in [-0.1, -0.05) is 13.8 Å². The summed E-state index contributed by atoms with van der Waals surface area (Å²) in [5.41, 5.74) is -2.78. The molecule has 0 atom stereocenters. The number of fused-ring (bicyclic) bond motifs is 1. The summed E-state index contributed by atoms with van der Waals surface area (Å²) >= 11 is 0. The van der Waals surface area contributed by atoms with E-state index in [4.69, 9.17) is 4.74 Å². The van der Waals surface area contributed by atoms with Crippen molar-refractivity contribution >= 4 is 11.9 Å². The third-order valence-electron chi connectivity index (χ3n) is 5.46. The van der Waals surface area contributed by atoms with Gasteiger partial charge < -0.3 is 25.0 Å². The standard InChI is InChI=1S/C19H29N3O7/c1-4-19(28,5-2)7-6-8-21-12-20(9-10-29-3)17(25)14-16(24)15(23)13(18(26)27)11-22(14)21/h11,24,28H,4-10,12H2,1-3H3,(H,26,27). The van der Waals surface area contributed by atoms with Crippen LogP contribution in [0, 0.1) is 0 Å². The zero-order valence-corrected chi connectivity index (χ0v) is 17.1. The number of aromatic nitrogens is 1. The van der Waals surface area contributed by atoms with Crippen LogP contribution in [0.25, 0.3) is 0 Å². The maximum atomic E-state index is 12.8. The Bertz CT molecular complexity index is 817. The highest BCUT2D eigenvalue weighted by molar-refractivity contribution is 5.97. The van der Waals surface area contributed by atoms with Gasteiger partial charge in [0.2, 0.25) is 5.43 Å². The molecule has 1 amide bonds. The van der Waals surface area contributed by atoms with Crippen molar-refractivity contribution in [3.05, 3.63) is 27.7 Å². The van der Waals surface area contributed by atoms with Gasteiger partial charge in [-0.05, 0) is 25.7 Å². The fraction of sp³-hybridized carbons (Fsp3) is 0.632. The van der Waals surface area contributed by atoms with E-state index in [0.29, 0.717) is 32.2 Å². The van der Waals surface area contributed by atoms with Crippen LogP contribution in [0.5, 0.6) is 5.75 Å². The monoisotopic (exact) mass is 411 g/mol. The number of aliphatic hydroxyl groups is 1. The van der Waals surface area contributed by atoms with Crippen LogP contribution < -0.4 is 10.4 Å². The normalized spacial score (nSPS) is 14.3. The van der Waals surface area contributed by atoms with Crippen LogP contribution in [0.4, 0.5) is 0 Å². The van der Waals surface area contributed by atoms with E-state index in [-0.39, 0.29) is 25.5 Å². The number of methoxy groups -OCH3 is 1. The molecule has 0 aliphatic carbocycles. The van der Waals surface area contributed by atoms with E-state index in [1.807, 2.05) is 13.8 Å². The van der Waals surface area contributed by atoms with Gasteiger partial charge in [0, 0.05) is 26.4 Å². The number of carboxylic acids is 1. The number of hydrogen-bond acceptors (Lipinski definition) is 7. The Morgan fingerprint density at radius 3 is 2.45 bits per heavy atom. The number of aromatic carboxylic acids is 1. The van der Waals surface area contributed by atoms with E-state index in [1.165, 1.54) is 16.7 Å². The lowest BCUT2D eigenvalue weighted by atomic mass is 9.92. The molecule has 0 spiro atoms. The number of carboxylic acid groups (broad SMARTS) is 1. The summed E-state index contributed by atoms with van der Waals surface area (Å²) in [7, 11) is 1.50. The molecule has 2 rings (SSSR count). The number of carbonyl (C=O) groups is 2. The van der Waals surface area contributed by atoms with Gasteiger partial charge >= 0.3 is 5.97 Å². The Balaban J connectivity index is 2.40. The largest absolute Gasteiger partial charge is 0.502 e. The number of amides is 1. The number of hydrogen-bond donors (Lipinski definition) is 3. The molecule has 0 fully saturated rings. The van der Waals surface area contributed by atoms with Crippen molar-refractivity contribution < 1.29 is 29.6 Å². The molecule has 0 aromatic carbocycles. The first-order valence-corrected chi connectivity index (χ1v) is 9.66. The van der Waals surface area contributed by atoms with E-state index in [0.717, 1.165) is 6.20 Å². The van der Waals surface area contributed by atoms with Crippen molar-refractivity contribution in [2.45, 2.75) is 45.1 Å². The summed E-state index contributed by atoms with van der Waals surface area (Å²) in [6.07, 6.45) is 3.37. The summed E-state index contributed by atoms with van der Waals surface area (Å²) in [5, 5.41) is 31.7. The van der Waals surface area contributed by atoms with Crippen molar-refractivity contribution in [1.29, 1.82) is 0 Å². The van der Waals surface area contributed by atoms with E-state index in [9.17, 15) is 29.7 Å². The number of aromatic hydroxyl groups is 1. The number of carbonyl (C=O) groups excluding carboxylic acids is 1. The fourth-order valence-electron chi connectivity index (χ4n) is 3.39. The van der Waals surface area contributed by atoms with E-state index < -0.39 is 34.2 Å². The first-order valence-electron chi connectivity index (χ1n) is 9.66. The summed E-state index contributed by atoms with van der Waals surface area (Å²) < 4.78 is 6.26. The summed E-state index contributed by atoms with van der Waals surface area (Å²) in [6, 6.07) is 0. The van der Waals surface area contributed by atoms with Gasteiger partial charge in [-0.2, -0.15) is 0 Å². The van der Waals surface area contributed by atoms with Crippen LogP contribution in [0.1, 0.15) is 60.4 Å². The predicted molar refractivity (Wildman–Crippen MR) is 105 cm³/mol. The topological polar surface area (TPSA) is 133 Å². The molecule has 1 aliphatic heterocycles. The molecule has 1 aliphatic rings. The maximum absolute atomic E-state index is 12.8. The molecular weight excluding hydrogens is 382 g/mol. The van der Waals surface area contributed by atoms with Gasteiger partial charge in [0.1, 0.15) is 12.2 Å². The lowest BCUT2D eigenvalue weighted by Gasteiger charge is -2.40. The molecule has 2 heterocycles. The van der Waals surface area contributed by atoms with Crippen LogP contribution >= 0.6 is 0 Å². The van der Waals surface area contributed by atoms with Gasteiger partial charge in [0.05, 0.1) is 12.2 Å². The summed E-state index contributed by atoms with van der Waals surface area (Å²) in [6.45, 7) is 4.84. The second-order valence-corrected chi connectivity index (χ2v) is 7.19. The van der Waals surface area contributed by atoms with Gasteiger partial charge in [0.15, 0.2) is 11.4 Å². The molecule has 0 unspecified atom stereocenters. The lowest BCUT2D eigenvalue weighted by molar-refractivity contribution is 0.0213. The van der Waals surface area contributed by atoms with Gasteiger partial charge in [0.25, 0.3) is 5.91 Å². The Morgan fingerprint density at radius 1 is 1.24 bits per heavy atom. The average Bonchev–Trinajstić information content (AvgIpc) is 2.70. The molecular formula is C19H29N3O7. The first-order chi connectivity index (χ1) is 13.7. The molecule has 3 N–H and O–H groups in total. The third kappa shape index (κ3) is 4.70. The van der Waals surface area contributed by atoms with Crippen molar-refractivity contribution in [3.8, 4) is 5.75 Å². The minimum absolute atomic E-state index is 0.132. The molecule has 10 nitrogen and oxygen atoms in total. The molecule has 1 aromatic rings. The van der Waals surface area contributed by atoms with Gasteiger partial charge in [-0.15, -0.1) is 0 Å². The predicted octanol–water partition coefficient (Wildman–Crippen LogP) is 0.581. The number of pyridine rings is 1. The van der Waals surface area contributed by atoms with Crippen LogP contribution in [-0.4, -0.2) is 75.8 Å². The minimum atomic E-state index is -1.49. The summed E-state index contributed by atoms with van der Waals surface area (Å²) in [5.74, 6) is -2.95. The number of ether oxygens (including phenoxy) is 1. The lowest BCUT2D eigenvalue weighted by Crippen LogP contribution is -2.55. The zero-order chi connectivity index (χ0) is 21.8. The van der Waals surface area contributed by atoms with E-state index in [2.05, 4.69) is 0 Å². The molecule has 0 saturated carbocycles. The molecule has 1 aromatic heterocycles. The molecule has 0 saturated heterocycles. The highest BCUT2D eigenvalue weighted by atomic mass is 16.5. The van der Waals surface area contributed by atoms with Crippen LogP contribution in [0.15, 0.2) is 11.0 Å². The SMILES string of the molecule is CCC(O)(CC)CCCN1CN(CCOC)C(=O)c2c(O)c(=O)c(C(=O)O)cn21. The molecule has 10 heteroatoms. The van der Waals surface area contributed by atoms with Crippen molar-refractivity contribution in [2.75, 3.05) is 38.5 Å². The molecule has 0 radical (unpaired) electrons. The Morgan fingerprint density at radius 2 is 1.90 bits per heavy atom. The first kappa shape index (κ1) is 22.7. The Labute approximate surface area is 168 Å². The van der Waals surface area contributed by atoms with E-state index in [1.54, 1.807) is 5.01 Å². The maximum Gasteiger partial charge on any atom is 0.341 e. The van der Waals surface area contributed by atoms with Crippen LogP contribution in [-0.2, 0) is 4.74 Å². The van der Waals surface area contributed by atoms with Crippen LogP contribution in [0.3, 0.4) is 0 Å². The van der Waals surface area contributed by atoms with Crippen LogP contribution in [0.2, 0.25) is 0 Å². The van der Waals surface area contributed by atoms with Crippen molar-refractivity contribution in [2.24, 2.45) is 0 Å². The quantitative estimate of drug-likeness (QED) is 0.509. The van der Waals surface area contributed by atoms with Crippen molar-refractivity contribution in [1.82, 2.24) is 9.58 Å². The minimum Gasteiger partial charge on any atom is -0.502 e. The van der Waals surface area contributed by atoms with Gasteiger partial charge in [-0.25, -0.2) is 4.79 Å². The summed E-state index contributed by atoms with van der Waals surface area (Å²) in [4.78, 5) is 37.8. The zero-order valence-electron chi connectivity index (χ0n) is 17.1. The third-order valence-corrected chi connectivity index (χ3v) is 5.46. The number of rotatable bonds is 10. The molecule has 0 bridgehead atoms. The smallest absolute Gasteiger partial charge is 0.341 e. The Hall–Kier alpha value is -2.59. The molecule has 162 valence electrons. The highest BCUT2D eigenvalue weighted by Crippen LogP contribution is 2.24. The average molecular weight is 411 g/mol.